The van der Waals surface area contributed by atoms with Gasteiger partial charge in [0.25, 0.3) is 5.91 Å². The second kappa shape index (κ2) is 5.52. The molecule has 2 amide bonds. The lowest BCUT2D eigenvalue weighted by Gasteiger charge is -2.29. The first-order valence-electron chi connectivity index (χ1n) is 6.78. The molecule has 0 radical (unpaired) electrons. The Bertz CT molecular complexity index is 523. The monoisotopic (exact) mass is 279 g/mol. The topological polar surface area (TPSA) is 104 Å². The Hall–Kier alpha value is -2.05. The van der Waals surface area contributed by atoms with Crippen molar-refractivity contribution in [2.45, 2.75) is 38.6 Å². The van der Waals surface area contributed by atoms with E-state index < -0.39 is 0 Å². The number of likely N-dealkylation sites (tertiary alicyclic amines) is 1. The van der Waals surface area contributed by atoms with Crippen molar-refractivity contribution in [1.29, 1.82) is 0 Å². The van der Waals surface area contributed by atoms with Crippen LogP contribution < -0.4 is 11.1 Å². The van der Waals surface area contributed by atoms with Crippen molar-refractivity contribution in [2.75, 3.05) is 19.3 Å². The molecular formula is C13H21N5O2. The van der Waals surface area contributed by atoms with Gasteiger partial charge < -0.3 is 16.0 Å². The molecule has 1 atom stereocenters. The smallest absolute Gasteiger partial charge is 0.274 e. The number of aromatic nitrogens is 2. The summed E-state index contributed by atoms with van der Waals surface area (Å²) < 4.78 is 0. The largest absolute Gasteiger partial charge is 0.395 e. The van der Waals surface area contributed by atoms with Gasteiger partial charge in [0.2, 0.25) is 5.91 Å². The molecule has 0 saturated carbocycles. The zero-order valence-electron chi connectivity index (χ0n) is 12.1. The molecule has 7 heteroatoms. The van der Waals surface area contributed by atoms with E-state index in [4.69, 9.17) is 5.73 Å². The molecule has 1 unspecified atom stereocenters. The van der Waals surface area contributed by atoms with Gasteiger partial charge in [-0.1, -0.05) is 13.8 Å². The van der Waals surface area contributed by atoms with Crippen LogP contribution in [0.15, 0.2) is 0 Å². The molecule has 1 aromatic rings. The zero-order chi connectivity index (χ0) is 14.9. The highest BCUT2D eigenvalue weighted by atomic mass is 16.2. The van der Waals surface area contributed by atoms with E-state index in [9.17, 15) is 9.59 Å². The molecule has 7 nitrogen and oxygen atoms in total. The number of nitrogens with one attached hydrogen (secondary N) is 2. The second-order valence-electron chi connectivity index (χ2n) is 5.54. The molecule has 20 heavy (non-hydrogen) atoms. The number of H-pyrrole nitrogens is 1. The number of carbonyl (C=O) groups is 2. The third-order valence-electron chi connectivity index (χ3n) is 3.59. The molecule has 0 aliphatic carbocycles. The molecule has 1 aromatic heterocycles. The van der Waals surface area contributed by atoms with Gasteiger partial charge in [-0.25, -0.2) is 0 Å². The van der Waals surface area contributed by atoms with Crippen LogP contribution >= 0.6 is 0 Å². The van der Waals surface area contributed by atoms with Crippen molar-refractivity contribution in [3.05, 3.63) is 11.4 Å². The van der Waals surface area contributed by atoms with Crippen LogP contribution in [0.25, 0.3) is 0 Å². The van der Waals surface area contributed by atoms with E-state index in [0.29, 0.717) is 25.1 Å². The fourth-order valence-corrected chi connectivity index (χ4v) is 2.36. The van der Waals surface area contributed by atoms with Gasteiger partial charge in [-0.05, 0) is 12.3 Å². The first-order valence-corrected chi connectivity index (χ1v) is 6.78. The van der Waals surface area contributed by atoms with E-state index in [0.717, 1.165) is 5.69 Å². The molecule has 1 fully saturated rings. The summed E-state index contributed by atoms with van der Waals surface area (Å²) in [6.07, 6.45) is 1.10. The predicted octanol–water partition coefficient (Wildman–Crippen LogP) is 0.466. The maximum atomic E-state index is 12.2. The van der Waals surface area contributed by atoms with Crippen molar-refractivity contribution >= 4 is 17.5 Å². The number of hydrogen-bond donors (Lipinski definition) is 3. The second-order valence-corrected chi connectivity index (χ2v) is 5.54. The highest BCUT2D eigenvalue weighted by Crippen LogP contribution is 2.22. The minimum Gasteiger partial charge on any atom is -0.395 e. The Morgan fingerprint density at radius 2 is 2.25 bits per heavy atom. The summed E-state index contributed by atoms with van der Waals surface area (Å²) in [6.45, 7) is 4.48. The highest BCUT2D eigenvalue weighted by molar-refractivity contribution is 5.98. The molecule has 110 valence electrons. The average molecular weight is 279 g/mol. The van der Waals surface area contributed by atoms with Crippen LogP contribution in [-0.4, -0.2) is 46.5 Å². The van der Waals surface area contributed by atoms with Crippen molar-refractivity contribution in [3.8, 4) is 0 Å². The summed E-state index contributed by atoms with van der Waals surface area (Å²) in [5.41, 5.74) is 7.34. The maximum absolute atomic E-state index is 12.2. The molecule has 2 rings (SSSR count). The van der Waals surface area contributed by atoms with Crippen LogP contribution in [0.4, 0.5) is 5.69 Å². The minimum atomic E-state index is -0.293. The molecule has 4 N–H and O–H groups in total. The number of carbonyl (C=O) groups excluding carboxylic acids is 2. The van der Waals surface area contributed by atoms with E-state index in [-0.39, 0.29) is 29.5 Å². The Morgan fingerprint density at radius 1 is 1.55 bits per heavy atom. The number of piperidine rings is 1. The number of rotatable bonds is 3. The van der Waals surface area contributed by atoms with Crippen molar-refractivity contribution in [1.82, 2.24) is 20.4 Å². The maximum Gasteiger partial charge on any atom is 0.274 e. The van der Waals surface area contributed by atoms with Gasteiger partial charge in [0, 0.05) is 26.1 Å². The summed E-state index contributed by atoms with van der Waals surface area (Å²) >= 11 is 0. The SMILES string of the molecule is CC(C)c1[nH]nc(C(=O)NC2CCC(=O)N(C)C2)c1N. The molecule has 0 spiro atoms. The summed E-state index contributed by atoms with van der Waals surface area (Å²) in [4.78, 5) is 25.2. The van der Waals surface area contributed by atoms with Crippen molar-refractivity contribution < 1.29 is 9.59 Å². The number of hydrogen-bond acceptors (Lipinski definition) is 4. The number of nitrogens with two attached hydrogens (primary N) is 1. The van der Waals surface area contributed by atoms with Gasteiger partial charge >= 0.3 is 0 Å². The molecule has 1 aliphatic heterocycles. The van der Waals surface area contributed by atoms with E-state index in [2.05, 4.69) is 15.5 Å². The van der Waals surface area contributed by atoms with Gasteiger partial charge in [-0.15, -0.1) is 0 Å². The molecule has 0 bridgehead atoms. The van der Waals surface area contributed by atoms with Gasteiger partial charge in [-0.3, -0.25) is 14.7 Å². The lowest BCUT2D eigenvalue weighted by molar-refractivity contribution is -0.132. The predicted molar refractivity (Wildman–Crippen MR) is 75.2 cm³/mol. The first-order chi connectivity index (χ1) is 9.40. The van der Waals surface area contributed by atoms with Crippen LogP contribution in [0, 0.1) is 0 Å². The van der Waals surface area contributed by atoms with Crippen LogP contribution in [0.3, 0.4) is 0 Å². The van der Waals surface area contributed by atoms with Crippen LogP contribution in [0.2, 0.25) is 0 Å². The lowest BCUT2D eigenvalue weighted by Crippen LogP contribution is -2.48. The fraction of sp³-hybridized carbons (Fsp3) is 0.615. The molecule has 0 aromatic carbocycles. The molecular weight excluding hydrogens is 258 g/mol. The average Bonchev–Trinajstić information content (AvgIpc) is 2.76. The first kappa shape index (κ1) is 14.4. The normalized spacial score (nSPS) is 19.5. The summed E-state index contributed by atoms with van der Waals surface area (Å²) in [5.74, 6) is -0.00207. The third kappa shape index (κ3) is 2.76. The van der Waals surface area contributed by atoms with Gasteiger partial charge in [-0.2, -0.15) is 5.10 Å². The molecule has 1 saturated heterocycles. The zero-order valence-corrected chi connectivity index (χ0v) is 12.1. The standard InChI is InChI=1S/C13H21N5O2/c1-7(2)11-10(14)12(17-16-11)13(20)15-8-4-5-9(19)18(3)6-8/h7-8H,4-6,14H2,1-3H3,(H,15,20)(H,16,17). The van der Waals surface area contributed by atoms with Crippen LogP contribution in [-0.2, 0) is 4.79 Å². The quantitative estimate of drug-likeness (QED) is 0.748. The van der Waals surface area contributed by atoms with Gasteiger partial charge in [0.15, 0.2) is 5.69 Å². The minimum absolute atomic E-state index is 0.0520. The van der Waals surface area contributed by atoms with Crippen LogP contribution in [0.1, 0.15) is 48.8 Å². The fourth-order valence-electron chi connectivity index (χ4n) is 2.36. The number of aromatic amines is 1. The van der Waals surface area contributed by atoms with Crippen LogP contribution in [0.5, 0.6) is 0 Å². The van der Waals surface area contributed by atoms with Gasteiger partial charge in [0.05, 0.1) is 11.4 Å². The Morgan fingerprint density at radius 3 is 2.80 bits per heavy atom. The van der Waals surface area contributed by atoms with Gasteiger partial charge in [0.1, 0.15) is 0 Å². The molecule has 1 aliphatic rings. The number of likely N-dealkylation sites (N-methyl/N-ethyl adjacent to an activating group) is 1. The number of nitrogens with zero attached hydrogens (tertiary/aromatic N) is 2. The summed E-state index contributed by atoms with van der Waals surface area (Å²) in [7, 11) is 1.74. The van der Waals surface area contributed by atoms with E-state index in [1.165, 1.54) is 0 Å². The Balaban J connectivity index is 2.04. The summed E-state index contributed by atoms with van der Waals surface area (Å²) in [5, 5.41) is 9.68. The number of anilines is 1. The number of nitrogen functional groups attached to an aromatic ring is 1. The Labute approximate surface area is 117 Å². The van der Waals surface area contributed by atoms with Crippen molar-refractivity contribution in [2.24, 2.45) is 0 Å². The van der Waals surface area contributed by atoms with E-state index in [1.54, 1.807) is 11.9 Å². The van der Waals surface area contributed by atoms with E-state index in [1.807, 2.05) is 13.8 Å². The Kier molecular flexibility index (Phi) is 3.96. The number of amides is 2. The highest BCUT2D eigenvalue weighted by Gasteiger charge is 2.26. The van der Waals surface area contributed by atoms with E-state index >= 15 is 0 Å². The lowest BCUT2D eigenvalue weighted by atomic mass is 10.1. The molecule has 2 heterocycles. The van der Waals surface area contributed by atoms with Crippen molar-refractivity contribution in [3.63, 3.8) is 0 Å². The summed E-state index contributed by atoms with van der Waals surface area (Å²) in [6, 6.07) is -0.0520. The third-order valence-corrected chi connectivity index (χ3v) is 3.59.